The highest BCUT2D eigenvalue weighted by Crippen LogP contribution is 2.24. The molecule has 0 aromatic heterocycles. The first-order valence-electron chi connectivity index (χ1n) is 8.69. The standard InChI is InChI=1S/C17H30O6/c1-4-20-16(18)22-14-10-5-6-11-15(14)23-17(19)21-12-8-7-9-13(2)3/h13-15H,4-12H2,1-3H3. The number of hydrogen-bond acceptors (Lipinski definition) is 6. The molecule has 0 spiro atoms. The molecule has 0 N–H and O–H groups in total. The Balaban J connectivity index is 2.28. The average Bonchev–Trinajstić information content (AvgIpc) is 2.49. The van der Waals surface area contributed by atoms with E-state index in [0.717, 1.165) is 32.1 Å². The number of carbonyl (C=O) groups is 2. The van der Waals surface area contributed by atoms with Gasteiger partial charge < -0.3 is 18.9 Å². The summed E-state index contributed by atoms with van der Waals surface area (Å²) in [4.78, 5) is 23.2. The van der Waals surface area contributed by atoms with E-state index in [2.05, 4.69) is 13.8 Å². The lowest BCUT2D eigenvalue weighted by atomic mass is 9.95. The van der Waals surface area contributed by atoms with Crippen LogP contribution >= 0.6 is 0 Å². The SMILES string of the molecule is CCOC(=O)OC1CCCCC1OC(=O)OCCCCC(C)C. The first-order chi connectivity index (χ1) is 11.0. The van der Waals surface area contributed by atoms with Gasteiger partial charge in [-0.3, -0.25) is 0 Å². The van der Waals surface area contributed by atoms with Crippen LogP contribution in [0.15, 0.2) is 0 Å². The highest BCUT2D eigenvalue weighted by molar-refractivity contribution is 5.61. The van der Waals surface area contributed by atoms with E-state index in [1.54, 1.807) is 6.92 Å². The molecule has 134 valence electrons. The van der Waals surface area contributed by atoms with Gasteiger partial charge in [0.2, 0.25) is 0 Å². The van der Waals surface area contributed by atoms with Gasteiger partial charge in [0.25, 0.3) is 0 Å². The number of hydrogen-bond donors (Lipinski definition) is 0. The summed E-state index contributed by atoms with van der Waals surface area (Å²) < 4.78 is 20.4. The van der Waals surface area contributed by atoms with E-state index in [4.69, 9.17) is 18.9 Å². The maximum absolute atomic E-state index is 11.7. The molecule has 6 nitrogen and oxygen atoms in total. The van der Waals surface area contributed by atoms with Crippen LogP contribution in [0.4, 0.5) is 9.59 Å². The smallest absolute Gasteiger partial charge is 0.435 e. The van der Waals surface area contributed by atoms with Gasteiger partial charge in [-0.1, -0.05) is 20.3 Å². The Bertz CT molecular complexity index is 355. The van der Waals surface area contributed by atoms with Crippen LogP contribution < -0.4 is 0 Å². The van der Waals surface area contributed by atoms with Gasteiger partial charge in [-0.25, -0.2) is 9.59 Å². The van der Waals surface area contributed by atoms with Gasteiger partial charge in [0.05, 0.1) is 13.2 Å². The molecule has 0 saturated heterocycles. The van der Waals surface area contributed by atoms with E-state index in [-0.39, 0.29) is 6.61 Å². The van der Waals surface area contributed by atoms with Gasteiger partial charge in [0.1, 0.15) is 12.2 Å². The number of rotatable bonds is 8. The first kappa shape index (κ1) is 19.6. The molecule has 1 fully saturated rings. The van der Waals surface area contributed by atoms with Crippen molar-refractivity contribution in [1.82, 2.24) is 0 Å². The van der Waals surface area contributed by atoms with E-state index in [0.29, 0.717) is 25.4 Å². The van der Waals surface area contributed by atoms with Gasteiger partial charge in [-0.05, 0) is 51.4 Å². The molecular formula is C17H30O6. The van der Waals surface area contributed by atoms with Crippen LogP contribution in [-0.2, 0) is 18.9 Å². The summed E-state index contributed by atoms with van der Waals surface area (Å²) in [5, 5.41) is 0. The maximum Gasteiger partial charge on any atom is 0.508 e. The highest BCUT2D eigenvalue weighted by atomic mass is 16.8. The molecule has 1 aliphatic carbocycles. The minimum absolute atomic E-state index is 0.259. The first-order valence-corrected chi connectivity index (χ1v) is 8.69. The van der Waals surface area contributed by atoms with Crippen molar-refractivity contribution in [2.75, 3.05) is 13.2 Å². The second kappa shape index (κ2) is 11.1. The third-order valence-corrected chi connectivity index (χ3v) is 3.80. The summed E-state index contributed by atoms with van der Waals surface area (Å²) in [7, 11) is 0. The van der Waals surface area contributed by atoms with Gasteiger partial charge in [0, 0.05) is 0 Å². The number of unbranched alkanes of at least 4 members (excludes halogenated alkanes) is 1. The lowest BCUT2D eigenvalue weighted by molar-refractivity contribution is -0.0705. The Labute approximate surface area is 138 Å². The third-order valence-electron chi connectivity index (χ3n) is 3.80. The summed E-state index contributed by atoms with van der Waals surface area (Å²) >= 11 is 0. The zero-order valence-corrected chi connectivity index (χ0v) is 14.5. The van der Waals surface area contributed by atoms with Crippen molar-refractivity contribution in [1.29, 1.82) is 0 Å². The maximum atomic E-state index is 11.7. The lowest BCUT2D eigenvalue weighted by Gasteiger charge is -2.29. The molecule has 0 aliphatic heterocycles. The van der Waals surface area contributed by atoms with E-state index >= 15 is 0 Å². The van der Waals surface area contributed by atoms with Crippen LogP contribution in [0.3, 0.4) is 0 Å². The normalized spacial score (nSPS) is 20.9. The molecule has 1 rings (SSSR count). The Hall–Kier alpha value is -1.46. The summed E-state index contributed by atoms with van der Waals surface area (Å²) in [6.07, 6.45) is 3.92. The van der Waals surface area contributed by atoms with Crippen molar-refractivity contribution in [3.63, 3.8) is 0 Å². The Morgan fingerprint density at radius 1 is 0.957 bits per heavy atom. The van der Waals surface area contributed by atoms with Crippen molar-refractivity contribution < 1.29 is 28.5 Å². The molecule has 23 heavy (non-hydrogen) atoms. The van der Waals surface area contributed by atoms with Crippen LogP contribution in [0.5, 0.6) is 0 Å². The van der Waals surface area contributed by atoms with E-state index in [9.17, 15) is 9.59 Å². The summed E-state index contributed by atoms with van der Waals surface area (Å²) in [6, 6.07) is 0. The van der Waals surface area contributed by atoms with Crippen molar-refractivity contribution in [3.8, 4) is 0 Å². The monoisotopic (exact) mass is 330 g/mol. The molecule has 0 heterocycles. The highest BCUT2D eigenvalue weighted by Gasteiger charge is 2.32. The fourth-order valence-electron chi connectivity index (χ4n) is 2.58. The van der Waals surface area contributed by atoms with E-state index in [1.165, 1.54) is 0 Å². The molecule has 0 aromatic carbocycles. The summed E-state index contributed by atoms with van der Waals surface area (Å²) in [6.45, 7) is 6.67. The molecule has 0 radical (unpaired) electrons. The van der Waals surface area contributed by atoms with Crippen LogP contribution in [0, 0.1) is 5.92 Å². The minimum Gasteiger partial charge on any atom is -0.435 e. The Morgan fingerprint density at radius 2 is 1.52 bits per heavy atom. The predicted molar refractivity (Wildman–Crippen MR) is 85.3 cm³/mol. The van der Waals surface area contributed by atoms with Crippen LogP contribution in [0.1, 0.15) is 65.7 Å². The number of carbonyl (C=O) groups excluding carboxylic acids is 2. The van der Waals surface area contributed by atoms with Gasteiger partial charge in [-0.2, -0.15) is 0 Å². The molecule has 6 heteroatoms. The molecule has 1 saturated carbocycles. The minimum atomic E-state index is -0.713. The Kier molecular flexibility index (Phi) is 9.48. The van der Waals surface area contributed by atoms with Crippen molar-refractivity contribution in [2.45, 2.75) is 77.9 Å². The van der Waals surface area contributed by atoms with E-state index in [1.807, 2.05) is 0 Å². The third kappa shape index (κ3) is 8.67. The van der Waals surface area contributed by atoms with Crippen LogP contribution in [0.25, 0.3) is 0 Å². The Morgan fingerprint density at radius 3 is 2.04 bits per heavy atom. The fourth-order valence-corrected chi connectivity index (χ4v) is 2.58. The van der Waals surface area contributed by atoms with Crippen molar-refractivity contribution in [3.05, 3.63) is 0 Å². The predicted octanol–water partition coefficient (Wildman–Crippen LogP) is 4.45. The summed E-state index contributed by atoms with van der Waals surface area (Å²) in [5.41, 5.74) is 0. The van der Waals surface area contributed by atoms with Crippen molar-refractivity contribution >= 4 is 12.3 Å². The number of ether oxygens (including phenoxy) is 4. The summed E-state index contributed by atoms with van der Waals surface area (Å²) in [5.74, 6) is 0.657. The molecule has 0 amide bonds. The van der Waals surface area contributed by atoms with Crippen LogP contribution in [-0.4, -0.2) is 37.7 Å². The second-order valence-corrected chi connectivity index (χ2v) is 6.27. The van der Waals surface area contributed by atoms with Crippen LogP contribution in [0.2, 0.25) is 0 Å². The van der Waals surface area contributed by atoms with Gasteiger partial charge in [0.15, 0.2) is 0 Å². The molecule has 0 bridgehead atoms. The largest absolute Gasteiger partial charge is 0.508 e. The lowest BCUT2D eigenvalue weighted by Crippen LogP contribution is -2.38. The molecule has 0 aromatic rings. The average molecular weight is 330 g/mol. The molecular weight excluding hydrogens is 300 g/mol. The topological polar surface area (TPSA) is 71.1 Å². The zero-order valence-electron chi connectivity index (χ0n) is 14.5. The van der Waals surface area contributed by atoms with Gasteiger partial charge >= 0.3 is 12.3 Å². The zero-order chi connectivity index (χ0) is 17.1. The molecule has 2 atom stereocenters. The fraction of sp³-hybridized carbons (Fsp3) is 0.882. The van der Waals surface area contributed by atoms with Crippen molar-refractivity contribution in [2.24, 2.45) is 5.92 Å². The second-order valence-electron chi connectivity index (χ2n) is 6.27. The van der Waals surface area contributed by atoms with E-state index < -0.39 is 24.5 Å². The quantitative estimate of drug-likeness (QED) is 0.483. The molecule has 2 unspecified atom stereocenters. The molecule has 1 aliphatic rings. The van der Waals surface area contributed by atoms with Gasteiger partial charge in [-0.15, -0.1) is 0 Å².